The molecule has 5 heterocycles. The van der Waals surface area contributed by atoms with Gasteiger partial charge in [0.1, 0.15) is 23.4 Å². The lowest BCUT2D eigenvalue weighted by molar-refractivity contribution is 0.0726. The SMILES string of the molecule is CC(C)N1CCc2ncc(F)cc2C2CCCN2C2C=Cn3ncc(c3N2)C(=O)N1. The minimum atomic E-state index is -0.313. The number of halogens is 1. The molecule has 2 N–H and O–H groups in total. The molecule has 0 saturated carbocycles. The standard InChI is InChI=1S/C21H26FN7O/c1-13(2)28-8-5-17-15(10-14(22)11-23-17)18-4-3-7-27(18)19-6-9-29-20(25-19)16(12-24-29)21(30)26-28/h6,9-13,18-19,25H,3-5,7-8H2,1-2H3,(H,26,30). The molecule has 0 spiro atoms. The van der Waals surface area contributed by atoms with Gasteiger partial charge in [0.15, 0.2) is 0 Å². The van der Waals surface area contributed by atoms with Crippen LogP contribution in [0.25, 0.3) is 6.20 Å². The summed E-state index contributed by atoms with van der Waals surface area (Å²) in [5.74, 6) is 0.161. The van der Waals surface area contributed by atoms with Gasteiger partial charge in [0.2, 0.25) is 0 Å². The molecular formula is C21H26FN7O. The molecule has 158 valence electrons. The highest BCUT2D eigenvalue weighted by Crippen LogP contribution is 2.37. The number of fused-ring (bicyclic) bond motifs is 5. The number of aromatic nitrogens is 3. The Hall–Kier alpha value is -2.78. The van der Waals surface area contributed by atoms with Crippen molar-refractivity contribution in [1.82, 2.24) is 30.1 Å². The summed E-state index contributed by atoms with van der Waals surface area (Å²) in [5.41, 5.74) is 5.35. The number of hydrogen-bond acceptors (Lipinski definition) is 6. The van der Waals surface area contributed by atoms with E-state index in [-0.39, 0.29) is 30.0 Å². The third-order valence-electron chi connectivity index (χ3n) is 6.17. The van der Waals surface area contributed by atoms with E-state index >= 15 is 0 Å². The summed E-state index contributed by atoms with van der Waals surface area (Å²) in [7, 11) is 0. The fourth-order valence-electron chi connectivity index (χ4n) is 4.63. The Bertz CT molecular complexity index is 1000. The molecule has 30 heavy (non-hydrogen) atoms. The summed E-state index contributed by atoms with van der Waals surface area (Å²) in [6, 6.07) is 1.80. The Morgan fingerprint density at radius 1 is 1.27 bits per heavy atom. The molecule has 1 fully saturated rings. The van der Waals surface area contributed by atoms with E-state index < -0.39 is 0 Å². The van der Waals surface area contributed by atoms with E-state index in [9.17, 15) is 9.18 Å². The van der Waals surface area contributed by atoms with Crippen molar-refractivity contribution in [2.75, 3.05) is 18.4 Å². The zero-order chi connectivity index (χ0) is 20.8. The van der Waals surface area contributed by atoms with E-state index in [1.54, 1.807) is 16.9 Å². The van der Waals surface area contributed by atoms with Gasteiger partial charge in [-0.25, -0.2) is 14.1 Å². The summed E-state index contributed by atoms with van der Waals surface area (Å²) >= 11 is 0. The molecule has 0 aliphatic carbocycles. The van der Waals surface area contributed by atoms with Crippen LogP contribution in [0.3, 0.4) is 0 Å². The minimum absolute atomic E-state index is 0.0696. The van der Waals surface area contributed by atoms with E-state index in [1.165, 1.54) is 6.20 Å². The molecule has 1 amide bonds. The van der Waals surface area contributed by atoms with Gasteiger partial charge in [-0.1, -0.05) is 0 Å². The van der Waals surface area contributed by atoms with Crippen LogP contribution in [0.5, 0.6) is 0 Å². The van der Waals surface area contributed by atoms with Gasteiger partial charge in [-0.3, -0.25) is 20.1 Å². The highest BCUT2D eigenvalue weighted by atomic mass is 19.1. The van der Waals surface area contributed by atoms with E-state index in [0.717, 1.165) is 30.6 Å². The number of nitrogens with one attached hydrogen (secondary N) is 2. The summed E-state index contributed by atoms with van der Waals surface area (Å²) in [6.07, 6.45) is 9.29. The first-order chi connectivity index (χ1) is 14.5. The predicted molar refractivity (Wildman–Crippen MR) is 111 cm³/mol. The minimum Gasteiger partial charge on any atom is -0.350 e. The second kappa shape index (κ2) is 7.48. The van der Waals surface area contributed by atoms with E-state index in [4.69, 9.17) is 0 Å². The molecule has 3 aliphatic rings. The molecule has 0 radical (unpaired) electrons. The summed E-state index contributed by atoms with van der Waals surface area (Å²) in [4.78, 5) is 19.8. The first kappa shape index (κ1) is 19.2. The molecule has 3 aliphatic heterocycles. The van der Waals surface area contributed by atoms with Gasteiger partial charge >= 0.3 is 0 Å². The Kier molecular flexibility index (Phi) is 4.79. The lowest BCUT2D eigenvalue weighted by atomic mass is 10.00. The number of hydrogen-bond donors (Lipinski definition) is 2. The van der Waals surface area contributed by atoms with Crippen LogP contribution in [-0.2, 0) is 6.42 Å². The van der Waals surface area contributed by atoms with Crippen LogP contribution < -0.4 is 10.7 Å². The van der Waals surface area contributed by atoms with Crippen molar-refractivity contribution in [1.29, 1.82) is 0 Å². The smallest absolute Gasteiger partial charge is 0.270 e. The van der Waals surface area contributed by atoms with Gasteiger partial charge < -0.3 is 5.32 Å². The number of pyridine rings is 1. The van der Waals surface area contributed by atoms with Crippen LogP contribution in [0.4, 0.5) is 10.2 Å². The fraction of sp³-hybridized carbons (Fsp3) is 0.476. The van der Waals surface area contributed by atoms with Crippen molar-refractivity contribution in [3.63, 3.8) is 0 Å². The lowest BCUT2D eigenvalue weighted by Crippen LogP contribution is -2.47. The maximum Gasteiger partial charge on any atom is 0.270 e. The van der Waals surface area contributed by atoms with Crippen molar-refractivity contribution in [3.05, 3.63) is 47.2 Å². The maximum atomic E-state index is 14.2. The van der Waals surface area contributed by atoms with Crippen molar-refractivity contribution in [3.8, 4) is 0 Å². The zero-order valence-corrected chi connectivity index (χ0v) is 17.2. The second-order valence-corrected chi connectivity index (χ2v) is 8.35. The van der Waals surface area contributed by atoms with E-state index in [1.807, 2.05) is 31.1 Å². The molecular weight excluding hydrogens is 385 g/mol. The van der Waals surface area contributed by atoms with Gasteiger partial charge in [0.25, 0.3) is 5.91 Å². The Labute approximate surface area is 174 Å². The highest BCUT2D eigenvalue weighted by molar-refractivity contribution is 5.99. The first-order valence-corrected chi connectivity index (χ1v) is 10.5. The lowest BCUT2D eigenvalue weighted by Gasteiger charge is -2.34. The number of rotatable bonds is 1. The van der Waals surface area contributed by atoms with Gasteiger partial charge in [0.05, 0.1) is 12.4 Å². The van der Waals surface area contributed by atoms with Crippen LogP contribution in [0.1, 0.15) is 54.3 Å². The van der Waals surface area contributed by atoms with Crippen molar-refractivity contribution in [2.24, 2.45) is 0 Å². The molecule has 5 rings (SSSR count). The van der Waals surface area contributed by atoms with Gasteiger partial charge in [0, 0.05) is 43.5 Å². The van der Waals surface area contributed by atoms with Crippen LogP contribution in [-0.4, -0.2) is 55.9 Å². The van der Waals surface area contributed by atoms with Gasteiger partial charge in [-0.05, 0) is 44.4 Å². The molecule has 1 saturated heterocycles. The normalized spacial score (nSPS) is 24.3. The molecule has 2 atom stereocenters. The van der Waals surface area contributed by atoms with Crippen LogP contribution >= 0.6 is 0 Å². The van der Waals surface area contributed by atoms with Crippen molar-refractivity contribution in [2.45, 2.75) is 51.4 Å². The monoisotopic (exact) mass is 411 g/mol. The molecule has 2 unspecified atom stereocenters. The molecule has 2 aromatic rings. The number of hydrazine groups is 1. The van der Waals surface area contributed by atoms with Crippen LogP contribution in [0.15, 0.2) is 24.5 Å². The summed E-state index contributed by atoms with van der Waals surface area (Å²) < 4.78 is 15.9. The molecule has 2 bridgehead atoms. The molecule has 8 nitrogen and oxygen atoms in total. The Morgan fingerprint density at radius 2 is 2.13 bits per heavy atom. The topological polar surface area (TPSA) is 78.3 Å². The molecule has 9 heteroatoms. The highest BCUT2D eigenvalue weighted by Gasteiger charge is 2.35. The third-order valence-corrected chi connectivity index (χ3v) is 6.17. The van der Waals surface area contributed by atoms with Crippen LogP contribution in [0.2, 0.25) is 0 Å². The molecule has 0 aromatic carbocycles. The first-order valence-electron chi connectivity index (χ1n) is 10.5. The van der Waals surface area contributed by atoms with E-state index in [0.29, 0.717) is 24.3 Å². The number of nitrogens with zero attached hydrogens (tertiary/aromatic N) is 5. The van der Waals surface area contributed by atoms with E-state index in [2.05, 4.69) is 25.7 Å². The van der Waals surface area contributed by atoms with Gasteiger partial charge in [-0.15, -0.1) is 0 Å². The molecule has 2 aromatic heterocycles. The van der Waals surface area contributed by atoms with Crippen LogP contribution in [0, 0.1) is 5.82 Å². The number of carbonyl (C=O) groups is 1. The predicted octanol–water partition coefficient (Wildman–Crippen LogP) is 2.39. The number of amides is 1. The maximum absolute atomic E-state index is 14.2. The second-order valence-electron chi connectivity index (χ2n) is 8.35. The number of carbonyl (C=O) groups excluding carboxylic acids is 1. The van der Waals surface area contributed by atoms with Gasteiger partial charge in [-0.2, -0.15) is 5.10 Å². The quantitative estimate of drug-likeness (QED) is 0.750. The largest absolute Gasteiger partial charge is 0.350 e. The van der Waals surface area contributed by atoms with Crippen molar-refractivity contribution < 1.29 is 9.18 Å². The number of anilines is 1. The summed E-state index contributed by atoms with van der Waals surface area (Å²) in [6.45, 7) is 5.53. The third kappa shape index (κ3) is 3.27. The van der Waals surface area contributed by atoms with Crippen molar-refractivity contribution >= 4 is 17.9 Å². The summed E-state index contributed by atoms with van der Waals surface area (Å²) in [5, 5.41) is 9.70. The Morgan fingerprint density at radius 3 is 2.97 bits per heavy atom. The fourth-order valence-corrected chi connectivity index (χ4v) is 4.63. The average Bonchev–Trinajstić information content (AvgIpc) is 3.37. The average molecular weight is 411 g/mol. The zero-order valence-electron chi connectivity index (χ0n) is 17.2. The Balaban J connectivity index is 1.61.